The Labute approximate surface area is 90.7 Å². The maximum absolute atomic E-state index is 5.85. The summed E-state index contributed by atoms with van der Waals surface area (Å²) in [6.07, 6.45) is 8.83. The summed E-state index contributed by atoms with van der Waals surface area (Å²) in [4.78, 5) is 4.08. The second-order valence-corrected chi connectivity index (χ2v) is 4.26. The van der Waals surface area contributed by atoms with Gasteiger partial charge < -0.3 is 10.5 Å². The van der Waals surface area contributed by atoms with Gasteiger partial charge in [-0.2, -0.15) is 0 Å². The Balaban J connectivity index is 1.86. The lowest BCUT2D eigenvalue weighted by Gasteiger charge is -2.11. The smallest absolute Gasteiger partial charge is 0.0582 e. The minimum Gasteiger partial charge on any atom is -0.398 e. The molecule has 0 radical (unpaired) electrons. The number of anilines is 1. The fraction of sp³-hybridized carbons (Fsp3) is 0.583. The van der Waals surface area contributed by atoms with Crippen LogP contribution in [0.5, 0.6) is 0 Å². The van der Waals surface area contributed by atoms with Crippen molar-refractivity contribution in [3.63, 3.8) is 0 Å². The molecule has 2 N–H and O–H groups in total. The highest BCUT2D eigenvalue weighted by Crippen LogP contribution is 2.23. The third-order valence-electron chi connectivity index (χ3n) is 3.00. The summed E-state index contributed by atoms with van der Waals surface area (Å²) in [5, 5.41) is 0. The molecule has 2 heterocycles. The Morgan fingerprint density at radius 1 is 1.53 bits per heavy atom. The SMILES string of the molecule is CC1CCC(CCc2cnccc2N)O1. The average molecular weight is 206 g/mol. The highest BCUT2D eigenvalue weighted by molar-refractivity contribution is 5.44. The van der Waals surface area contributed by atoms with Crippen molar-refractivity contribution in [2.75, 3.05) is 5.73 Å². The molecule has 15 heavy (non-hydrogen) atoms. The lowest BCUT2D eigenvalue weighted by Crippen LogP contribution is -2.09. The van der Waals surface area contributed by atoms with Crippen molar-refractivity contribution in [2.24, 2.45) is 0 Å². The molecule has 0 bridgehead atoms. The molecule has 2 atom stereocenters. The molecule has 3 nitrogen and oxygen atoms in total. The molecule has 1 aromatic rings. The van der Waals surface area contributed by atoms with Crippen LogP contribution >= 0.6 is 0 Å². The van der Waals surface area contributed by atoms with E-state index in [0.717, 1.165) is 24.1 Å². The van der Waals surface area contributed by atoms with Gasteiger partial charge in [0.15, 0.2) is 0 Å². The number of nitrogen functional groups attached to an aromatic ring is 1. The summed E-state index contributed by atoms with van der Waals surface area (Å²) < 4.78 is 5.76. The molecule has 1 aliphatic heterocycles. The lowest BCUT2D eigenvalue weighted by molar-refractivity contribution is 0.0512. The molecule has 2 unspecified atom stereocenters. The highest BCUT2D eigenvalue weighted by atomic mass is 16.5. The molecule has 0 aromatic carbocycles. The fourth-order valence-electron chi connectivity index (χ4n) is 2.06. The van der Waals surface area contributed by atoms with E-state index in [2.05, 4.69) is 11.9 Å². The zero-order valence-corrected chi connectivity index (χ0v) is 9.15. The number of aromatic nitrogens is 1. The summed E-state index contributed by atoms with van der Waals surface area (Å²) in [7, 11) is 0. The molecular weight excluding hydrogens is 188 g/mol. The number of nitrogens with zero attached hydrogens (tertiary/aromatic N) is 1. The van der Waals surface area contributed by atoms with E-state index in [1.807, 2.05) is 12.3 Å². The molecule has 0 saturated carbocycles. The van der Waals surface area contributed by atoms with E-state index in [0.29, 0.717) is 12.2 Å². The summed E-state index contributed by atoms with van der Waals surface area (Å²) in [6.45, 7) is 2.14. The highest BCUT2D eigenvalue weighted by Gasteiger charge is 2.21. The van der Waals surface area contributed by atoms with E-state index in [9.17, 15) is 0 Å². The van der Waals surface area contributed by atoms with Gasteiger partial charge in [-0.15, -0.1) is 0 Å². The van der Waals surface area contributed by atoms with Gasteiger partial charge in [-0.25, -0.2) is 0 Å². The number of rotatable bonds is 3. The number of hydrogen-bond acceptors (Lipinski definition) is 3. The Hall–Kier alpha value is -1.09. The zero-order chi connectivity index (χ0) is 10.7. The van der Waals surface area contributed by atoms with Crippen molar-refractivity contribution in [1.29, 1.82) is 0 Å². The van der Waals surface area contributed by atoms with Crippen molar-refractivity contribution in [3.05, 3.63) is 24.0 Å². The molecule has 0 amide bonds. The maximum atomic E-state index is 5.85. The van der Waals surface area contributed by atoms with Crippen molar-refractivity contribution >= 4 is 5.69 Å². The number of aryl methyl sites for hydroxylation is 1. The number of pyridine rings is 1. The van der Waals surface area contributed by atoms with E-state index in [1.54, 1.807) is 6.20 Å². The van der Waals surface area contributed by atoms with Crippen LogP contribution in [0.2, 0.25) is 0 Å². The molecule has 1 fully saturated rings. The van der Waals surface area contributed by atoms with E-state index in [-0.39, 0.29) is 0 Å². The first-order valence-electron chi connectivity index (χ1n) is 5.59. The van der Waals surface area contributed by atoms with Crippen LogP contribution in [0.25, 0.3) is 0 Å². The first kappa shape index (κ1) is 10.4. The summed E-state index contributed by atoms with van der Waals surface area (Å²) in [5.74, 6) is 0. The molecule has 1 aliphatic rings. The Morgan fingerprint density at radius 3 is 3.07 bits per heavy atom. The van der Waals surface area contributed by atoms with Gasteiger partial charge in [0, 0.05) is 18.1 Å². The molecular formula is C12H18N2O. The molecule has 82 valence electrons. The number of ether oxygens (including phenoxy) is 1. The van der Waals surface area contributed by atoms with Crippen LogP contribution in [0.15, 0.2) is 18.5 Å². The van der Waals surface area contributed by atoms with Gasteiger partial charge in [-0.3, -0.25) is 4.98 Å². The Kier molecular flexibility index (Phi) is 3.21. The normalized spacial score (nSPS) is 25.7. The Bertz CT molecular complexity index is 327. The summed E-state index contributed by atoms with van der Waals surface area (Å²) in [6, 6.07) is 1.85. The lowest BCUT2D eigenvalue weighted by atomic mass is 10.1. The molecule has 2 rings (SSSR count). The van der Waals surface area contributed by atoms with Crippen molar-refractivity contribution in [3.8, 4) is 0 Å². The van der Waals surface area contributed by atoms with Crippen LogP contribution in [-0.2, 0) is 11.2 Å². The quantitative estimate of drug-likeness (QED) is 0.824. The molecule has 0 spiro atoms. The summed E-state index contributed by atoms with van der Waals surface area (Å²) in [5.41, 5.74) is 7.83. The van der Waals surface area contributed by atoms with Gasteiger partial charge in [0.2, 0.25) is 0 Å². The zero-order valence-electron chi connectivity index (χ0n) is 9.15. The molecule has 3 heteroatoms. The standard InChI is InChI=1S/C12H18N2O/c1-9-2-4-11(15-9)5-3-10-8-14-7-6-12(10)13/h6-9,11H,2-5H2,1H3,(H2,13,14). The van der Waals surface area contributed by atoms with E-state index < -0.39 is 0 Å². The van der Waals surface area contributed by atoms with E-state index >= 15 is 0 Å². The predicted octanol–water partition coefficient (Wildman–Crippen LogP) is 2.16. The minimum atomic E-state index is 0.416. The first-order valence-corrected chi connectivity index (χ1v) is 5.59. The molecule has 0 aliphatic carbocycles. The van der Waals surface area contributed by atoms with Crippen LogP contribution < -0.4 is 5.73 Å². The molecule has 1 saturated heterocycles. The third kappa shape index (κ3) is 2.69. The largest absolute Gasteiger partial charge is 0.398 e. The summed E-state index contributed by atoms with van der Waals surface area (Å²) >= 11 is 0. The van der Waals surface area contributed by atoms with Crippen molar-refractivity contribution < 1.29 is 4.74 Å². The molecule has 1 aromatic heterocycles. The van der Waals surface area contributed by atoms with Gasteiger partial charge >= 0.3 is 0 Å². The third-order valence-corrected chi connectivity index (χ3v) is 3.00. The minimum absolute atomic E-state index is 0.416. The predicted molar refractivity (Wildman–Crippen MR) is 60.5 cm³/mol. The second kappa shape index (κ2) is 4.62. The fourth-order valence-corrected chi connectivity index (χ4v) is 2.06. The van der Waals surface area contributed by atoms with Crippen molar-refractivity contribution in [2.45, 2.75) is 44.8 Å². The van der Waals surface area contributed by atoms with Crippen molar-refractivity contribution in [1.82, 2.24) is 4.98 Å². The van der Waals surface area contributed by atoms with Crippen LogP contribution in [0, 0.1) is 0 Å². The van der Waals surface area contributed by atoms with E-state index in [1.165, 1.54) is 12.8 Å². The number of nitrogens with two attached hydrogens (primary N) is 1. The van der Waals surface area contributed by atoms with Crippen LogP contribution in [0.4, 0.5) is 5.69 Å². The topological polar surface area (TPSA) is 48.1 Å². The second-order valence-electron chi connectivity index (χ2n) is 4.26. The average Bonchev–Trinajstić information content (AvgIpc) is 2.63. The van der Waals surface area contributed by atoms with Gasteiger partial charge in [-0.05, 0) is 44.2 Å². The van der Waals surface area contributed by atoms with Gasteiger partial charge in [0.1, 0.15) is 0 Å². The van der Waals surface area contributed by atoms with Crippen LogP contribution in [0.1, 0.15) is 31.7 Å². The monoisotopic (exact) mass is 206 g/mol. The first-order chi connectivity index (χ1) is 7.25. The van der Waals surface area contributed by atoms with Crippen LogP contribution in [0.3, 0.4) is 0 Å². The number of hydrogen-bond donors (Lipinski definition) is 1. The van der Waals surface area contributed by atoms with Gasteiger partial charge in [0.25, 0.3) is 0 Å². The Morgan fingerprint density at radius 2 is 2.40 bits per heavy atom. The van der Waals surface area contributed by atoms with Gasteiger partial charge in [0.05, 0.1) is 12.2 Å². The van der Waals surface area contributed by atoms with Crippen LogP contribution in [-0.4, -0.2) is 17.2 Å². The van der Waals surface area contributed by atoms with E-state index in [4.69, 9.17) is 10.5 Å². The van der Waals surface area contributed by atoms with Gasteiger partial charge in [-0.1, -0.05) is 0 Å². The maximum Gasteiger partial charge on any atom is 0.0582 e.